The number of benzene rings is 1. The second-order valence-corrected chi connectivity index (χ2v) is 3.07. The Bertz CT molecular complexity index is 513. The first-order valence-corrected chi connectivity index (χ1v) is 4.12. The van der Waals surface area contributed by atoms with Crippen LogP contribution in [-0.2, 0) is 0 Å². The van der Waals surface area contributed by atoms with E-state index in [4.69, 9.17) is 10.2 Å². The molecular weight excluding hydrogens is 182 g/mol. The number of phenolic OH excluding ortho intramolecular Hbond substituents is 1. The van der Waals surface area contributed by atoms with Crippen LogP contribution in [0.4, 0.5) is 0 Å². The van der Waals surface area contributed by atoms with Crippen LogP contribution in [0.5, 0.6) is 5.75 Å². The van der Waals surface area contributed by atoms with E-state index in [1.165, 1.54) is 6.07 Å². The van der Waals surface area contributed by atoms with Gasteiger partial charge in [0.25, 0.3) is 5.91 Å². The zero-order valence-corrected chi connectivity index (χ0v) is 7.57. The van der Waals surface area contributed by atoms with Gasteiger partial charge >= 0.3 is 0 Å². The summed E-state index contributed by atoms with van der Waals surface area (Å²) in [5.74, 6) is -0.434. The lowest BCUT2D eigenvalue weighted by atomic mass is 10.1. The van der Waals surface area contributed by atoms with Gasteiger partial charge in [-0.1, -0.05) is 6.07 Å². The third-order valence-electron chi connectivity index (χ3n) is 2.16. The van der Waals surface area contributed by atoms with E-state index in [0.717, 1.165) is 0 Å². The van der Waals surface area contributed by atoms with Crippen molar-refractivity contribution in [2.45, 2.75) is 6.92 Å². The summed E-state index contributed by atoms with van der Waals surface area (Å²) in [6.45, 7) is 1.69. The summed E-state index contributed by atoms with van der Waals surface area (Å²) in [5, 5.41) is 10.1. The number of hydrogen-bond donors (Lipinski definition) is 2. The van der Waals surface area contributed by atoms with Crippen LogP contribution in [0, 0.1) is 6.92 Å². The fraction of sp³-hybridized carbons (Fsp3) is 0.100. The van der Waals surface area contributed by atoms with E-state index < -0.39 is 5.91 Å². The van der Waals surface area contributed by atoms with Crippen LogP contribution in [0.15, 0.2) is 22.6 Å². The number of hydrogen-bond acceptors (Lipinski definition) is 3. The van der Waals surface area contributed by atoms with Gasteiger partial charge in [-0.15, -0.1) is 0 Å². The number of carbonyl (C=O) groups excluding carboxylic acids is 1. The lowest BCUT2D eigenvalue weighted by Crippen LogP contribution is -2.10. The number of primary amides is 1. The first kappa shape index (κ1) is 8.62. The minimum absolute atomic E-state index is 0.0938. The van der Waals surface area contributed by atoms with Gasteiger partial charge in [-0.3, -0.25) is 4.79 Å². The molecule has 0 saturated carbocycles. The molecule has 4 nitrogen and oxygen atoms in total. The Hall–Kier alpha value is -1.97. The van der Waals surface area contributed by atoms with Crippen molar-refractivity contribution in [1.82, 2.24) is 0 Å². The predicted molar refractivity (Wildman–Crippen MR) is 51.1 cm³/mol. The Kier molecular flexibility index (Phi) is 1.70. The molecular formula is C10H9NO3. The first-order chi connectivity index (χ1) is 6.61. The number of aromatic hydroxyl groups is 1. The Morgan fingerprint density at radius 2 is 2.21 bits per heavy atom. The molecule has 1 aromatic carbocycles. The Morgan fingerprint density at radius 3 is 2.79 bits per heavy atom. The van der Waals surface area contributed by atoms with Crippen molar-refractivity contribution in [3.63, 3.8) is 0 Å². The summed E-state index contributed by atoms with van der Waals surface area (Å²) in [6.07, 6.45) is 0. The van der Waals surface area contributed by atoms with Crippen LogP contribution >= 0.6 is 0 Å². The van der Waals surface area contributed by atoms with Crippen LogP contribution in [0.25, 0.3) is 11.0 Å². The van der Waals surface area contributed by atoms with Gasteiger partial charge in [0, 0.05) is 5.56 Å². The van der Waals surface area contributed by atoms with E-state index in [0.29, 0.717) is 16.5 Å². The zero-order chi connectivity index (χ0) is 10.3. The number of aryl methyl sites for hydroxylation is 1. The number of carbonyl (C=O) groups is 1. The quantitative estimate of drug-likeness (QED) is 0.717. The Labute approximate surface area is 79.9 Å². The third kappa shape index (κ3) is 1.04. The standard InChI is InChI=1S/C10H9NO3/c1-5-8-6(12)3-2-4-7(8)14-9(5)10(11)13/h2-4,12H,1H3,(H2,11,13). The molecule has 0 spiro atoms. The van der Waals surface area contributed by atoms with E-state index in [1.807, 2.05) is 0 Å². The van der Waals surface area contributed by atoms with E-state index in [-0.39, 0.29) is 11.5 Å². The SMILES string of the molecule is Cc1c(C(N)=O)oc2cccc(O)c12. The largest absolute Gasteiger partial charge is 0.507 e. The molecule has 2 aromatic rings. The number of nitrogens with two attached hydrogens (primary N) is 1. The minimum atomic E-state index is -0.627. The molecule has 3 N–H and O–H groups in total. The number of fused-ring (bicyclic) bond motifs is 1. The number of amides is 1. The molecule has 2 rings (SSSR count). The fourth-order valence-corrected chi connectivity index (χ4v) is 1.52. The molecule has 1 aromatic heterocycles. The maximum absolute atomic E-state index is 10.9. The van der Waals surface area contributed by atoms with Crippen LogP contribution < -0.4 is 5.73 Å². The van der Waals surface area contributed by atoms with Crippen LogP contribution in [0.1, 0.15) is 16.1 Å². The van der Waals surface area contributed by atoms with Crippen LogP contribution in [0.2, 0.25) is 0 Å². The molecule has 0 aliphatic heterocycles. The molecule has 0 unspecified atom stereocenters. The minimum Gasteiger partial charge on any atom is -0.507 e. The van der Waals surface area contributed by atoms with Crippen molar-refractivity contribution in [2.24, 2.45) is 5.73 Å². The average molecular weight is 191 g/mol. The van der Waals surface area contributed by atoms with E-state index in [1.54, 1.807) is 19.1 Å². The number of phenols is 1. The number of furan rings is 1. The summed E-state index contributed by atoms with van der Waals surface area (Å²) in [4.78, 5) is 10.9. The number of rotatable bonds is 1. The van der Waals surface area contributed by atoms with Gasteiger partial charge in [0.05, 0.1) is 5.39 Å². The van der Waals surface area contributed by atoms with Gasteiger partial charge in [-0.25, -0.2) is 0 Å². The monoisotopic (exact) mass is 191 g/mol. The summed E-state index contributed by atoms with van der Waals surface area (Å²) >= 11 is 0. The Balaban J connectivity index is 2.87. The zero-order valence-electron chi connectivity index (χ0n) is 7.57. The van der Waals surface area contributed by atoms with Crippen LogP contribution in [0.3, 0.4) is 0 Å². The molecule has 0 saturated heterocycles. The molecule has 0 aliphatic rings. The van der Waals surface area contributed by atoms with Crippen molar-refractivity contribution in [3.05, 3.63) is 29.5 Å². The van der Waals surface area contributed by atoms with Gasteiger partial charge < -0.3 is 15.3 Å². The topological polar surface area (TPSA) is 76.5 Å². The second kappa shape index (κ2) is 2.77. The summed E-state index contributed by atoms with van der Waals surface area (Å²) in [6, 6.07) is 4.86. The molecule has 0 fully saturated rings. The van der Waals surface area contributed by atoms with E-state index in [2.05, 4.69) is 0 Å². The van der Waals surface area contributed by atoms with Crippen molar-refractivity contribution in [1.29, 1.82) is 0 Å². The highest BCUT2D eigenvalue weighted by Crippen LogP contribution is 2.31. The molecule has 0 aliphatic carbocycles. The molecule has 4 heteroatoms. The molecule has 1 heterocycles. The van der Waals surface area contributed by atoms with Crippen LogP contribution in [-0.4, -0.2) is 11.0 Å². The summed E-state index contributed by atoms with van der Waals surface area (Å²) in [5.41, 5.74) is 6.16. The highest BCUT2D eigenvalue weighted by atomic mass is 16.3. The lowest BCUT2D eigenvalue weighted by molar-refractivity contribution is 0.0975. The van der Waals surface area contributed by atoms with Crippen molar-refractivity contribution < 1.29 is 14.3 Å². The predicted octanol–water partition coefficient (Wildman–Crippen LogP) is 1.55. The van der Waals surface area contributed by atoms with Gasteiger partial charge in [0.2, 0.25) is 0 Å². The highest BCUT2D eigenvalue weighted by molar-refractivity contribution is 5.99. The molecule has 14 heavy (non-hydrogen) atoms. The molecule has 72 valence electrons. The van der Waals surface area contributed by atoms with Gasteiger partial charge in [-0.05, 0) is 19.1 Å². The molecule has 0 bridgehead atoms. The Morgan fingerprint density at radius 1 is 1.50 bits per heavy atom. The smallest absolute Gasteiger partial charge is 0.284 e. The normalized spacial score (nSPS) is 10.6. The summed E-state index contributed by atoms with van der Waals surface area (Å²) < 4.78 is 5.21. The molecule has 0 radical (unpaired) electrons. The first-order valence-electron chi connectivity index (χ1n) is 4.12. The van der Waals surface area contributed by atoms with Crippen molar-refractivity contribution in [2.75, 3.05) is 0 Å². The third-order valence-corrected chi connectivity index (χ3v) is 2.16. The maximum Gasteiger partial charge on any atom is 0.284 e. The molecule has 0 atom stereocenters. The van der Waals surface area contributed by atoms with Gasteiger partial charge in [0.1, 0.15) is 11.3 Å². The van der Waals surface area contributed by atoms with E-state index in [9.17, 15) is 9.90 Å². The summed E-state index contributed by atoms with van der Waals surface area (Å²) in [7, 11) is 0. The second-order valence-electron chi connectivity index (χ2n) is 3.07. The fourth-order valence-electron chi connectivity index (χ4n) is 1.52. The van der Waals surface area contributed by atoms with Gasteiger partial charge in [0.15, 0.2) is 5.76 Å². The maximum atomic E-state index is 10.9. The van der Waals surface area contributed by atoms with Crippen molar-refractivity contribution >= 4 is 16.9 Å². The van der Waals surface area contributed by atoms with Crippen molar-refractivity contribution in [3.8, 4) is 5.75 Å². The highest BCUT2D eigenvalue weighted by Gasteiger charge is 2.16. The molecule has 1 amide bonds. The van der Waals surface area contributed by atoms with E-state index >= 15 is 0 Å². The lowest BCUT2D eigenvalue weighted by Gasteiger charge is -1.93. The average Bonchev–Trinajstić information content (AvgIpc) is 2.45. The van der Waals surface area contributed by atoms with Gasteiger partial charge in [-0.2, -0.15) is 0 Å².